The molecule has 246 valence electrons. The minimum Gasteiger partial charge on any atom is -0.310 e. The van der Waals surface area contributed by atoms with Gasteiger partial charge in [0, 0.05) is 62.8 Å². The Kier molecular flexibility index (Phi) is 6.41. The van der Waals surface area contributed by atoms with Gasteiger partial charge in [0.2, 0.25) is 0 Å². The molecule has 8 aromatic carbocycles. The average Bonchev–Trinajstić information content (AvgIpc) is 3.83. The first-order valence-corrected chi connectivity index (χ1v) is 19.5. The summed E-state index contributed by atoms with van der Waals surface area (Å²) >= 11 is 3.76. The number of rotatable bonds is 4. The molecule has 0 saturated carbocycles. The summed E-state index contributed by atoms with van der Waals surface area (Å²) in [5.74, 6) is 0. The van der Waals surface area contributed by atoms with Gasteiger partial charge in [0.05, 0.1) is 0 Å². The summed E-state index contributed by atoms with van der Waals surface area (Å²) < 4.78 is 5.35. The van der Waals surface area contributed by atoms with E-state index in [1.165, 1.54) is 84.5 Å². The molecule has 0 unspecified atom stereocenters. The van der Waals surface area contributed by atoms with Crippen LogP contribution in [0.1, 0.15) is 25.0 Å². The average molecular weight is 700 g/mol. The predicted molar refractivity (Wildman–Crippen MR) is 227 cm³/mol. The third-order valence-corrected chi connectivity index (χ3v) is 13.6. The minimum atomic E-state index is -0.0337. The molecule has 52 heavy (non-hydrogen) atoms. The first kappa shape index (κ1) is 29.9. The maximum absolute atomic E-state index is 2.43. The highest BCUT2D eigenvalue weighted by molar-refractivity contribution is 7.26. The van der Waals surface area contributed by atoms with Crippen molar-refractivity contribution in [1.82, 2.24) is 0 Å². The Morgan fingerprint density at radius 3 is 1.87 bits per heavy atom. The van der Waals surface area contributed by atoms with Crippen molar-refractivity contribution in [2.75, 3.05) is 4.90 Å². The molecule has 3 heteroatoms. The van der Waals surface area contributed by atoms with Gasteiger partial charge < -0.3 is 4.90 Å². The number of anilines is 3. The van der Waals surface area contributed by atoms with Crippen molar-refractivity contribution in [2.24, 2.45) is 0 Å². The molecular weight excluding hydrogens is 667 g/mol. The highest BCUT2D eigenvalue weighted by Crippen LogP contribution is 2.51. The smallest absolute Gasteiger partial charge is 0.0468 e. The largest absolute Gasteiger partial charge is 0.310 e. The SMILES string of the molecule is CC1(C)c2ccccc2-c2cc(N(c3ccc(-c4ccc5c(ccc6c7ccccc7sc56)c4)cc3)c3ccc4sc5ccccc5c4c3)ccc21. The summed E-state index contributed by atoms with van der Waals surface area (Å²) in [4.78, 5) is 2.43. The third-order valence-electron chi connectivity index (χ3n) is 11.3. The number of fused-ring (bicyclic) bond motifs is 11. The second-order valence-corrected chi connectivity index (χ2v) is 16.7. The van der Waals surface area contributed by atoms with E-state index in [-0.39, 0.29) is 5.41 Å². The molecule has 0 atom stereocenters. The van der Waals surface area contributed by atoms with Crippen LogP contribution in [0.4, 0.5) is 17.1 Å². The highest BCUT2D eigenvalue weighted by Gasteiger charge is 2.35. The second kappa shape index (κ2) is 11.1. The molecule has 1 nitrogen and oxygen atoms in total. The van der Waals surface area contributed by atoms with Crippen LogP contribution >= 0.6 is 22.7 Å². The zero-order valence-corrected chi connectivity index (χ0v) is 30.5. The summed E-state index contributed by atoms with van der Waals surface area (Å²) in [5.41, 5.74) is 11.3. The zero-order chi connectivity index (χ0) is 34.6. The second-order valence-electron chi connectivity index (χ2n) is 14.5. The molecule has 0 bridgehead atoms. The maximum Gasteiger partial charge on any atom is 0.0468 e. The lowest BCUT2D eigenvalue weighted by molar-refractivity contribution is 0.660. The maximum atomic E-state index is 2.43. The van der Waals surface area contributed by atoms with Crippen LogP contribution < -0.4 is 4.90 Å². The lowest BCUT2D eigenvalue weighted by Crippen LogP contribution is -2.15. The van der Waals surface area contributed by atoms with E-state index in [2.05, 4.69) is 183 Å². The van der Waals surface area contributed by atoms with Gasteiger partial charge in [-0.25, -0.2) is 0 Å². The molecule has 0 N–H and O–H groups in total. The van der Waals surface area contributed by atoms with Crippen molar-refractivity contribution in [3.05, 3.63) is 175 Å². The molecule has 1 aliphatic carbocycles. The van der Waals surface area contributed by atoms with Gasteiger partial charge in [0.15, 0.2) is 0 Å². The number of nitrogens with zero attached hydrogens (tertiary/aromatic N) is 1. The summed E-state index contributed by atoms with van der Waals surface area (Å²) in [6.45, 7) is 4.70. The van der Waals surface area contributed by atoms with Crippen LogP contribution in [0, 0.1) is 0 Å². The van der Waals surface area contributed by atoms with Gasteiger partial charge in [0.25, 0.3) is 0 Å². The first-order chi connectivity index (χ1) is 25.5. The summed E-state index contributed by atoms with van der Waals surface area (Å²) in [6.07, 6.45) is 0. The molecule has 11 rings (SSSR count). The number of thiophene rings is 2. The van der Waals surface area contributed by atoms with Gasteiger partial charge >= 0.3 is 0 Å². The Morgan fingerprint density at radius 1 is 0.404 bits per heavy atom. The summed E-state index contributed by atoms with van der Waals surface area (Å²) in [5, 5.41) is 7.90. The van der Waals surface area contributed by atoms with Crippen LogP contribution in [-0.2, 0) is 5.41 Å². The minimum absolute atomic E-state index is 0.0337. The molecule has 0 fully saturated rings. The van der Waals surface area contributed by atoms with E-state index in [1.807, 2.05) is 22.7 Å². The highest BCUT2D eigenvalue weighted by atomic mass is 32.1. The Labute approximate surface area is 310 Å². The summed E-state index contributed by atoms with van der Waals surface area (Å²) in [7, 11) is 0. The Morgan fingerprint density at radius 2 is 1.02 bits per heavy atom. The Hall–Kier alpha value is -5.74. The fraction of sp³-hybridized carbons (Fsp3) is 0.0612. The zero-order valence-electron chi connectivity index (χ0n) is 28.9. The topological polar surface area (TPSA) is 3.24 Å². The normalized spacial score (nSPS) is 13.3. The van der Waals surface area contributed by atoms with E-state index in [1.54, 1.807) is 0 Å². The molecule has 2 heterocycles. The molecule has 0 spiro atoms. The predicted octanol–water partition coefficient (Wildman–Crippen LogP) is 15.0. The molecule has 10 aromatic rings. The van der Waals surface area contributed by atoms with Gasteiger partial charge in [-0.05, 0) is 105 Å². The Bertz CT molecular complexity index is 3050. The van der Waals surface area contributed by atoms with E-state index in [0.717, 1.165) is 17.1 Å². The van der Waals surface area contributed by atoms with Gasteiger partial charge in [0.1, 0.15) is 0 Å². The third kappa shape index (κ3) is 4.40. The molecule has 0 amide bonds. The molecule has 0 saturated heterocycles. The fourth-order valence-corrected chi connectivity index (χ4v) is 11.0. The number of benzene rings is 8. The van der Waals surface area contributed by atoms with E-state index < -0.39 is 0 Å². The van der Waals surface area contributed by atoms with Crippen LogP contribution in [-0.4, -0.2) is 0 Å². The van der Waals surface area contributed by atoms with E-state index in [4.69, 9.17) is 0 Å². The quantitative estimate of drug-likeness (QED) is 0.177. The standard InChI is InChI=1S/C49H33NS2/c1-49(2)43-12-6-3-9-37(43)41-28-34(21-25-44(41)49)50(35-22-26-47-42(29-35)39-11-5-7-13-45(39)51-47)33-19-15-30(16-20-33)31-17-23-36-32(27-31)18-24-40-38-10-4-8-14-46(38)52-48(36)40/h3-29H,1-2H3. The van der Waals surface area contributed by atoms with E-state index in [9.17, 15) is 0 Å². The molecular formula is C49H33NS2. The van der Waals surface area contributed by atoms with Crippen molar-refractivity contribution in [1.29, 1.82) is 0 Å². The van der Waals surface area contributed by atoms with Crippen molar-refractivity contribution in [3.8, 4) is 22.3 Å². The molecule has 1 aliphatic rings. The number of hydrogen-bond donors (Lipinski definition) is 0. The molecule has 0 aliphatic heterocycles. The molecule has 2 aromatic heterocycles. The van der Waals surface area contributed by atoms with Crippen LogP contribution in [0.5, 0.6) is 0 Å². The van der Waals surface area contributed by atoms with Gasteiger partial charge in [-0.15, -0.1) is 22.7 Å². The fourth-order valence-electron chi connectivity index (χ4n) is 8.64. The van der Waals surface area contributed by atoms with Crippen LogP contribution in [0.15, 0.2) is 164 Å². The van der Waals surface area contributed by atoms with Gasteiger partial charge in [-0.2, -0.15) is 0 Å². The molecule has 0 radical (unpaired) electrons. The van der Waals surface area contributed by atoms with Crippen molar-refractivity contribution >= 4 is 90.9 Å². The van der Waals surface area contributed by atoms with Crippen LogP contribution in [0.25, 0.3) is 73.4 Å². The van der Waals surface area contributed by atoms with E-state index in [0.29, 0.717) is 0 Å². The number of hydrogen-bond acceptors (Lipinski definition) is 3. The van der Waals surface area contributed by atoms with Crippen molar-refractivity contribution < 1.29 is 0 Å². The summed E-state index contributed by atoms with van der Waals surface area (Å²) in [6, 6.07) is 61.1. The lowest BCUT2D eigenvalue weighted by Gasteiger charge is -2.27. The lowest BCUT2D eigenvalue weighted by atomic mass is 9.82. The van der Waals surface area contributed by atoms with Crippen molar-refractivity contribution in [2.45, 2.75) is 19.3 Å². The van der Waals surface area contributed by atoms with Crippen LogP contribution in [0.2, 0.25) is 0 Å². The van der Waals surface area contributed by atoms with Gasteiger partial charge in [-0.1, -0.05) is 117 Å². The van der Waals surface area contributed by atoms with E-state index >= 15 is 0 Å². The monoisotopic (exact) mass is 699 g/mol. The Balaban J connectivity index is 1.04. The van der Waals surface area contributed by atoms with Crippen LogP contribution in [0.3, 0.4) is 0 Å². The first-order valence-electron chi connectivity index (χ1n) is 17.9. The van der Waals surface area contributed by atoms with Crippen molar-refractivity contribution in [3.63, 3.8) is 0 Å². The van der Waals surface area contributed by atoms with Gasteiger partial charge in [-0.3, -0.25) is 0 Å².